The molecule has 0 aliphatic rings. The summed E-state index contributed by atoms with van der Waals surface area (Å²) >= 11 is 0. The second-order valence-electron chi connectivity index (χ2n) is 2.71. The summed E-state index contributed by atoms with van der Waals surface area (Å²) in [5, 5.41) is 15.7. The van der Waals surface area contributed by atoms with Crippen LogP contribution >= 0.6 is 0 Å². The SMILES string of the molecule is CCOC(C)OCC.O=C(O)OCCOC(=O)O. The van der Waals surface area contributed by atoms with Gasteiger partial charge in [-0.05, 0) is 20.8 Å². The number of ether oxygens (including phenoxy) is 4. The van der Waals surface area contributed by atoms with Gasteiger partial charge in [0, 0.05) is 13.2 Å². The van der Waals surface area contributed by atoms with Gasteiger partial charge in [0.2, 0.25) is 0 Å². The van der Waals surface area contributed by atoms with Crippen LogP contribution in [0.1, 0.15) is 20.8 Å². The average molecular weight is 268 g/mol. The van der Waals surface area contributed by atoms with E-state index in [0.717, 1.165) is 13.2 Å². The van der Waals surface area contributed by atoms with Gasteiger partial charge in [0.05, 0.1) is 0 Å². The van der Waals surface area contributed by atoms with E-state index in [1.54, 1.807) is 0 Å². The molecule has 0 fully saturated rings. The van der Waals surface area contributed by atoms with Crippen molar-refractivity contribution < 1.29 is 38.7 Å². The van der Waals surface area contributed by atoms with Crippen LogP contribution in [0.4, 0.5) is 9.59 Å². The molecule has 0 spiro atoms. The van der Waals surface area contributed by atoms with Gasteiger partial charge >= 0.3 is 12.3 Å². The Morgan fingerprint density at radius 3 is 1.50 bits per heavy atom. The van der Waals surface area contributed by atoms with Gasteiger partial charge in [-0.3, -0.25) is 0 Å². The molecular formula is C10H20O8. The van der Waals surface area contributed by atoms with E-state index < -0.39 is 12.3 Å². The lowest BCUT2D eigenvalue weighted by Crippen LogP contribution is -2.11. The zero-order chi connectivity index (χ0) is 14.4. The largest absolute Gasteiger partial charge is 0.505 e. The minimum absolute atomic E-state index is 0.0370. The van der Waals surface area contributed by atoms with Crippen LogP contribution < -0.4 is 0 Å². The molecule has 0 atom stereocenters. The first-order valence-corrected chi connectivity index (χ1v) is 5.38. The lowest BCUT2D eigenvalue weighted by atomic mass is 10.7. The van der Waals surface area contributed by atoms with Gasteiger partial charge in [-0.2, -0.15) is 0 Å². The summed E-state index contributed by atoms with van der Waals surface area (Å²) < 4.78 is 18.0. The van der Waals surface area contributed by atoms with Crippen molar-refractivity contribution in [3.63, 3.8) is 0 Å². The summed E-state index contributed by atoms with van der Waals surface area (Å²) in [6.07, 6.45) is -2.94. The maximum absolute atomic E-state index is 9.62. The van der Waals surface area contributed by atoms with Gasteiger partial charge in [-0.1, -0.05) is 0 Å². The summed E-state index contributed by atoms with van der Waals surface area (Å²) in [6, 6.07) is 0. The van der Waals surface area contributed by atoms with Crippen molar-refractivity contribution in [3.8, 4) is 0 Å². The normalized spacial score (nSPS) is 9.33. The van der Waals surface area contributed by atoms with Gasteiger partial charge in [0.1, 0.15) is 13.2 Å². The highest BCUT2D eigenvalue weighted by atomic mass is 16.7. The fourth-order valence-corrected chi connectivity index (χ4v) is 0.775. The van der Waals surface area contributed by atoms with Gasteiger partial charge in [-0.15, -0.1) is 0 Å². The van der Waals surface area contributed by atoms with E-state index >= 15 is 0 Å². The Morgan fingerprint density at radius 2 is 1.28 bits per heavy atom. The highest BCUT2D eigenvalue weighted by Gasteiger charge is 1.98. The second-order valence-corrected chi connectivity index (χ2v) is 2.71. The molecule has 0 aliphatic carbocycles. The highest BCUT2D eigenvalue weighted by Crippen LogP contribution is 1.90. The Kier molecular flexibility index (Phi) is 14.1. The van der Waals surface area contributed by atoms with Gasteiger partial charge in [-0.25, -0.2) is 9.59 Å². The number of hydrogen-bond acceptors (Lipinski definition) is 6. The lowest BCUT2D eigenvalue weighted by Gasteiger charge is -2.09. The number of hydrogen-bond donors (Lipinski definition) is 2. The standard InChI is InChI=1S/C6H14O2.C4H6O6/c1-4-7-6(3)8-5-2;5-3(6)9-1-2-10-4(7)8/h6H,4-5H2,1-3H3;1-2H2,(H,5,6)(H,7,8). The van der Waals surface area contributed by atoms with Crippen LogP contribution in [0.25, 0.3) is 0 Å². The zero-order valence-corrected chi connectivity index (χ0v) is 10.7. The second kappa shape index (κ2) is 13.5. The molecule has 0 heterocycles. The van der Waals surface area contributed by atoms with Gasteiger partial charge in [0.25, 0.3) is 0 Å². The maximum atomic E-state index is 9.62. The molecule has 0 radical (unpaired) electrons. The van der Waals surface area contributed by atoms with Crippen molar-refractivity contribution in [3.05, 3.63) is 0 Å². The Morgan fingerprint density at radius 1 is 0.944 bits per heavy atom. The monoisotopic (exact) mass is 268 g/mol. The van der Waals surface area contributed by atoms with Crippen LogP contribution in [-0.4, -0.2) is 55.2 Å². The summed E-state index contributed by atoms with van der Waals surface area (Å²) in [7, 11) is 0. The summed E-state index contributed by atoms with van der Waals surface area (Å²) in [6.45, 7) is 6.70. The predicted octanol–water partition coefficient (Wildman–Crippen LogP) is 1.78. The minimum atomic E-state index is -1.45. The molecule has 8 heteroatoms. The van der Waals surface area contributed by atoms with Crippen molar-refractivity contribution in [1.29, 1.82) is 0 Å². The van der Waals surface area contributed by atoms with Crippen LogP contribution in [-0.2, 0) is 18.9 Å². The van der Waals surface area contributed by atoms with Crippen molar-refractivity contribution in [2.24, 2.45) is 0 Å². The minimum Gasteiger partial charge on any atom is -0.450 e. The van der Waals surface area contributed by atoms with Gasteiger partial charge < -0.3 is 29.2 Å². The van der Waals surface area contributed by atoms with Crippen molar-refractivity contribution in [2.75, 3.05) is 26.4 Å². The third-order valence-corrected chi connectivity index (χ3v) is 1.34. The predicted molar refractivity (Wildman–Crippen MR) is 60.7 cm³/mol. The molecule has 0 bridgehead atoms. The van der Waals surface area contributed by atoms with E-state index in [-0.39, 0.29) is 19.5 Å². The van der Waals surface area contributed by atoms with Crippen LogP contribution in [0.2, 0.25) is 0 Å². The molecular weight excluding hydrogens is 248 g/mol. The Balaban J connectivity index is 0. The molecule has 0 rings (SSSR count). The zero-order valence-electron chi connectivity index (χ0n) is 10.7. The van der Waals surface area contributed by atoms with Crippen LogP contribution in [0.3, 0.4) is 0 Å². The van der Waals surface area contributed by atoms with E-state index in [0.29, 0.717) is 0 Å². The van der Waals surface area contributed by atoms with E-state index in [9.17, 15) is 9.59 Å². The van der Waals surface area contributed by atoms with E-state index in [1.807, 2.05) is 20.8 Å². The molecule has 0 unspecified atom stereocenters. The third kappa shape index (κ3) is 19.9. The molecule has 8 nitrogen and oxygen atoms in total. The molecule has 0 saturated heterocycles. The number of rotatable bonds is 7. The first-order valence-electron chi connectivity index (χ1n) is 5.38. The van der Waals surface area contributed by atoms with Crippen molar-refractivity contribution in [2.45, 2.75) is 27.1 Å². The summed E-state index contributed by atoms with van der Waals surface area (Å²) in [5.74, 6) is 0. The molecule has 0 aromatic heterocycles. The highest BCUT2D eigenvalue weighted by molar-refractivity contribution is 5.57. The third-order valence-electron chi connectivity index (χ3n) is 1.34. The van der Waals surface area contributed by atoms with Crippen molar-refractivity contribution >= 4 is 12.3 Å². The van der Waals surface area contributed by atoms with Gasteiger partial charge in [0.15, 0.2) is 6.29 Å². The molecule has 0 aromatic rings. The van der Waals surface area contributed by atoms with Crippen LogP contribution in [0, 0.1) is 0 Å². The smallest absolute Gasteiger partial charge is 0.450 e. The average Bonchev–Trinajstić information content (AvgIpc) is 2.25. The Hall–Kier alpha value is -1.54. The lowest BCUT2D eigenvalue weighted by molar-refractivity contribution is -0.123. The first-order chi connectivity index (χ1) is 8.43. The van der Waals surface area contributed by atoms with E-state index in [2.05, 4.69) is 9.47 Å². The van der Waals surface area contributed by atoms with Crippen LogP contribution in [0.15, 0.2) is 0 Å². The quantitative estimate of drug-likeness (QED) is 0.408. The van der Waals surface area contributed by atoms with E-state index in [4.69, 9.17) is 19.7 Å². The molecule has 0 saturated carbocycles. The number of carbonyl (C=O) groups is 2. The molecule has 0 aromatic carbocycles. The fourth-order valence-electron chi connectivity index (χ4n) is 0.775. The molecule has 18 heavy (non-hydrogen) atoms. The Bertz CT molecular complexity index is 196. The fraction of sp³-hybridized carbons (Fsp3) is 0.800. The maximum Gasteiger partial charge on any atom is 0.505 e. The Labute approximate surface area is 105 Å². The molecule has 2 N–H and O–H groups in total. The first kappa shape index (κ1) is 18.8. The number of carboxylic acid groups (broad SMARTS) is 2. The summed E-state index contributed by atoms with van der Waals surface area (Å²) in [5.41, 5.74) is 0. The van der Waals surface area contributed by atoms with Crippen molar-refractivity contribution in [1.82, 2.24) is 0 Å². The van der Waals surface area contributed by atoms with E-state index in [1.165, 1.54) is 0 Å². The topological polar surface area (TPSA) is 112 Å². The molecule has 108 valence electrons. The van der Waals surface area contributed by atoms with Crippen LogP contribution in [0.5, 0.6) is 0 Å². The molecule has 0 aliphatic heterocycles. The molecule has 0 amide bonds. The summed E-state index contributed by atoms with van der Waals surface area (Å²) in [4.78, 5) is 19.2.